The number of rotatable bonds is 3. The number of nitrogens with one attached hydrogen (secondary N) is 1. The number of hydrogen-bond acceptors (Lipinski definition) is 3. The first-order valence-corrected chi connectivity index (χ1v) is 9.95. The molecule has 2 heterocycles. The number of carbonyl (C=O) groups is 2. The number of nitrogens with zero attached hydrogens (tertiary/aromatic N) is 1. The van der Waals surface area contributed by atoms with E-state index < -0.39 is 0 Å². The van der Waals surface area contributed by atoms with Gasteiger partial charge in [0.15, 0.2) is 0 Å². The van der Waals surface area contributed by atoms with Crippen LogP contribution in [0.25, 0.3) is 6.08 Å². The van der Waals surface area contributed by atoms with Crippen LogP contribution >= 0.6 is 0 Å². The zero-order valence-electron chi connectivity index (χ0n) is 15.5. The van der Waals surface area contributed by atoms with Gasteiger partial charge in [-0.25, -0.2) is 0 Å². The number of ether oxygens (including phenoxy) is 1. The molecule has 0 bridgehead atoms. The number of hydrogen-bond donors (Lipinski definition) is 1. The van der Waals surface area contributed by atoms with E-state index in [1.165, 1.54) is 31.9 Å². The van der Waals surface area contributed by atoms with Gasteiger partial charge in [-0.2, -0.15) is 0 Å². The van der Waals surface area contributed by atoms with E-state index in [0.717, 1.165) is 24.2 Å². The zero-order valence-corrected chi connectivity index (χ0v) is 15.5. The van der Waals surface area contributed by atoms with E-state index >= 15 is 0 Å². The van der Waals surface area contributed by atoms with Gasteiger partial charge in [-0.05, 0) is 31.1 Å². The summed E-state index contributed by atoms with van der Waals surface area (Å²) in [5.41, 5.74) is 1.41. The second-order valence-corrected chi connectivity index (χ2v) is 7.62. The highest BCUT2D eigenvalue weighted by Gasteiger charge is 2.35. The summed E-state index contributed by atoms with van der Waals surface area (Å²) in [6.45, 7) is 0.624. The molecule has 4 rings (SSSR count). The summed E-state index contributed by atoms with van der Waals surface area (Å²) >= 11 is 0. The van der Waals surface area contributed by atoms with Crippen molar-refractivity contribution < 1.29 is 14.3 Å². The molecule has 1 aliphatic carbocycles. The van der Waals surface area contributed by atoms with Gasteiger partial charge in [0, 0.05) is 30.1 Å². The Balaban J connectivity index is 1.41. The molecule has 0 unspecified atom stereocenters. The molecule has 3 aliphatic rings. The van der Waals surface area contributed by atoms with Gasteiger partial charge >= 0.3 is 0 Å². The molecule has 0 radical (unpaired) electrons. The summed E-state index contributed by atoms with van der Waals surface area (Å²) in [7, 11) is 0. The van der Waals surface area contributed by atoms with E-state index in [9.17, 15) is 9.59 Å². The highest BCUT2D eigenvalue weighted by Crippen LogP contribution is 2.27. The maximum atomic E-state index is 12.7. The number of para-hydroxylation sites is 1. The molecule has 1 aromatic carbocycles. The summed E-state index contributed by atoms with van der Waals surface area (Å²) in [6.07, 6.45) is 12.5. The minimum atomic E-state index is -0.160. The average molecular weight is 366 g/mol. The fraction of sp³-hybridized carbons (Fsp3) is 0.455. The highest BCUT2D eigenvalue weighted by atomic mass is 16.5. The second-order valence-electron chi connectivity index (χ2n) is 7.62. The van der Waals surface area contributed by atoms with Gasteiger partial charge in [0.2, 0.25) is 5.91 Å². The van der Waals surface area contributed by atoms with Crippen LogP contribution < -0.4 is 10.1 Å². The Hall–Kier alpha value is -2.56. The molecule has 1 N–H and O–H groups in total. The Labute approximate surface area is 160 Å². The molecule has 0 aromatic heterocycles. The molecule has 2 fully saturated rings. The molecule has 1 saturated heterocycles. The molecule has 2 amide bonds. The highest BCUT2D eigenvalue weighted by molar-refractivity contribution is 6.01. The van der Waals surface area contributed by atoms with Crippen LogP contribution in [-0.2, 0) is 9.59 Å². The Kier molecular flexibility index (Phi) is 5.28. The summed E-state index contributed by atoms with van der Waals surface area (Å²) in [4.78, 5) is 27.2. The van der Waals surface area contributed by atoms with Crippen LogP contribution in [0.4, 0.5) is 0 Å². The predicted molar refractivity (Wildman–Crippen MR) is 104 cm³/mol. The van der Waals surface area contributed by atoms with Crippen LogP contribution in [0.2, 0.25) is 0 Å². The summed E-state index contributed by atoms with van der Waals surface area (Å²) in [6, 6.07) is 7.83. The normalized spacial score (nSPS) is 23.1. The minimum Gasteiger partial charge on any atom is -0.464 e. The van der Waals surface area contributed by atoms with Gasteiger partial charge in [-0.15, -0.1) is 0 Å². The van der Waals surface area contributed by atoms with Crippen LogP contribution in [0.1, 0.15) is 50.5 Å². The SMILES string of the molecule is O=C(N[C@H]1CC(=O)N(C2CCCCCC2)C1)C1=Cc2ccccc2OC=C1. The van der Waals surface area contributed by atoms with Crippen LogP contribution in [-0.4, -0.2) is 35.3 Å². The third-order valence-corrected chi connectivity index (χ3v) is 5.69. The average Bonchev–Trinajstić information content (AvgIpc) is 2.89. The number of carbonyl (C=O) groups excluding carboxylic acids is 2. The first-order valence-electron chi connectivity index (χ1n) is 9.95. The van der Waals surface area contributed by atoms with Gasteiger partial charge < -0.3 is 15.0 Å². The van der Waals surface area contributed by atoms with Gasteiger partial charge in [-0.1, -0.05) is 43.9 Å². The standard InChI is InChI=1S/C22H26N2O3/c25-21-14-18(15-24(21)19-8-3-1-2-4-9-19)23-22(26)17-11-12-27-20-10-6-5-7-16(20)13-17/h5-7,10-13,18-19H,1-4,8-9,14-15H2,(H,23,26)/t18-/m0/s1. The number of fused-ring (bicyclic) bond motifs is 1. The minimum absolute atomic E-state index is 0.123. The largest absolute Gasteiger partial charge is 0.464 e. The lowest BCUT2D eigenvalue weighted by molar-refractivity contribution is -0.129. The Morgan fingerprint density at radius 1 is 1.11 bits per heavy atom. The fourth-order valence-electron chi connectivity index (χ4n) is 4.26. The zero-order chi connectivity index (χ0) is 18.6. The maximum Gasteiger partial charge on any atom is 0.251 e. The molecule has 2 aliphatic heterocycles. The van der Waals surface area contributed by atoms with Crippen LogP contribution in [0.5, 0.6) is 5.75 Å². The monoisotopic (exact) mass is 366 g/mol. The predicted octanol–water partition coefficient (Wildman–Crippen LogP) is 3.42. The topological polar surface area (TPSA) is 58.6 Å². The van der Waals surface area contributed by atoms with Crippen molar-refractivity contribution in [2.45, 2.75) is 57.0 Å². The van der Waals surface area contributed by atoms with Gasteiger partial charge in [-0.3, -0.25) is 9.59 Å². The number of benzene rings is 1. The van der Waals surface area contributed by atoms with E-state index in [2.05, 4.69) is 5.32 Å². The van der Waals surface area contributed by atoms with E-state index in [0.29, 0.717) is 24.6 Å². The van der Waals surface area contributed by atoms with Crippen molar-refractivity contribution in [1.29, 1.82) is 0 Å². The molecule has 142 valence electrons. The lowest BCUT2D eigenvalue weighted by atomic mass is 10.1. The van der Waals surface area contributed by atoms with Crippen molar-refractivity contribution in [3.8, 4) is 5.75 Å². The van der Waals surface area contributed by atoms with Crippen molar-refractivity contribution in [2.24, 2.45) is 0 Å². The summed E-state index contributed by atoms with van der Waals surface area (Å²) < 4.78 is 5.55. The molecule has 27 heavy (non-hydrogen) atoms. The van der Waals surface area contributed by atoms with Crippen LogP contribution in [0.15, 0.2) is 42.2 Å². The molecule has 1 atom stereocenters. The second kappa shape index (κ2) is 7.99. The quantitative estimate of drug-likeness (QED) is 0.834. The number of amides is 2. The lowest BCUT2D eigenvalue weighted by Crippen LogP contribution is -2.40. The van der Waals surface area contributed by atoms with Gasteiger partial charge in [0.25, 0.3) is 5.91 Å². The Morgan fingerprint density at radius 2 is 1.89 bits per heavy atom. The van der Waals surface area contributed by atoms with E-state index in [4.69, 9.17) is 4.74 Å². The Bertz CT molecular complexity index is 776. The van der Waals surface area contributed by atoms with Crippen LogP contribution in [0.3, 0.4) is 0 Å². The lowest BCUT2D eigenvalue weighted by Gasteiger charge is -2.27. The smallest absolute Gasteiger partial charge is 0.251 e. The third-order valence-electron chi connectivity index (χ3n) is 5.69. The molecule has 0 spiro atoms. The number of likely N-dealkylation sites (tertiary alicyclic amines) is 1. The third kappa shape index (κ3) is 4.07. The maximum absolute atomic E-state index is 12.7. The Morgan fingerprint density at radius 3 is 2.70 bits per heavy atom. The van der Waals surface area contributed by atoms with Gasteiger partial charge in [0.1, 0.15) is 5.75 Å². The fourth-order valence-corrected chi connectivity index (χ4v) is 4.26. The van der Waals surface area contributed by atoms with Gasteiger partial charge in [0.05, 0.1) is 12.3 Å². The van der Waals surface area contributed by atoms with Crippen molar-refractivity contribution in [1.82, 2.24) is 10.2 Å². The molecular formula is C22H26N2O3. The van der Waals surface area contributed by atoms with E-state index in [1.54, 1.807) is 6.08 Å². The van der Waals surface area contributed by atoms with Crippen molar-refractivity contribution in [3.05, 3.63) is 47.7 Å². The van der Waals surface area contributed by atoms with Crippen LogP contribution in [0, 0.1) is 0 Å². The molecule has 5 nitrogen and oxygen atoms in total. The summed E-state index contributed by atoms with van der Waals surface area (Å²) in [5, 5.41) is 3.05. The van der Waals surface area contributed by atoms with Crippen molar-refractivity contribution >= 4 is 17.9 Å². The molecule has 5 heteroatoms. The van der Waals surface area contributed by atoms with Crippen molar-refractivity contribution in [2.75, 3.05) is 6.54 Å². The molecular weight excluding hydrogens is 340 g/mol. The van der Waals surface area contributed by atoms with Crippen molar-refractivity contribution in [3.63, 3.8) is 0 Å². The first kappa shape index (κ1) is 17.8. The van der Waals surface area contributed by atoms with E-state index in [1.807, 2.05) is 35.2 Å². The molecule has 1 saturated carbocycles. The molecule has 1 aromatic rings. The summed E-state index contributed by atoms with van der Waals surface area (Å²) in [5.74, 6) is 0.741. The first-order chi connectivity index (χ1) is 13.2. The van der Waals surface area contributed by atoms with E-state index in [-0.39, 0.29) is 17.9 Å².